The maximum absolute atomic E-state index is 6.07. The largest absolute Gasteiger partial charge is 0.496 e. The van der Waals surface area contributed by atoms with E-state index in [-0.39, 0.29) is 0 Å². The van der Waals surface area contributed by atoms with Gasteiger partial charge in [0.2, 0.25) is 0 Å². The summed E-state index contributed by atoms with van der Waals surface area (Å²) in [6, 6.07) is 6.22. The van der Waals surface area contributed by atoms with E-state index in [9.17, 15) is 0 Å². The molecule has 0 N–H and O–H groups in total. The maximum Gasteiger partial charge on any atom is 0.123 e. The van der Waals surface area contributed by atoms with Crippen molar-refractivity contribution in [2.24, 2.45) is 5.92 Å². The summed E-state index contributed by atoms with van der Waals surface area (Å²) in [6.45, 7) is 4.21. The molecule has 1 aliphatic heterocycles. The summed E-state index contributed by atoms with van der Waals surface area (Å²) in [5.74, 6) is 2.24. The van der Waals surface area contributed by atoms with Crippen LogP contribution in [0.15, 0.2) is 18.2 Å². The van der Waals surface area contributed by atoms with Gasteiger partial charge >= 0.3 is 0 Å². The zero-order valence-corrected chi connectivity index (χ0v) is 12.3. The average molecular weight is 288 g/mol. The fourth-order valence-electron chi connectivity index (χ4n) is 2.62. The Morgan fingerprint density at radius 1 is 1.44 bits per heavy atom. The first-order valence-corrected chi connectivity index (χ1v) is 7.19. The Morgan fingerprint density at radius 3 is 2.89 bits per heavy atom. The van der Waals surface area contributed by atoms with Crippen molar-refractivity contribution in [1.29, 1.82) is 0 Å². The molecule has 0 saturated carbocycles. The van der Waals surface area contributed by atoms with Crippen molar-refractivity contribution in [2.45, 2.75) is 25.9 Å². The van der Waals surface area contributed by atoms with E-state index in [2.05, 4.69) is 11.8 Å². The first-order chi connectivity index (χ1) is 8.65. The van der Waals surface area contributed by atoms with E-state index in [1.165, 1.54) is 6.42 Å². The second kappa shape index (κ2) is 6.14. The van der Waals surface area contributed by atoms with E-state index >= 15 is 0 Å². The highest BCUT2D eigenvalue weighted by Crippen LogP contribution is 2.30. The number of halogens is 2. The van der Waals surface area contributed by atoms with E-state index < -0.39 is 0 Å². The second-order valence-electron chi connectivity index (χ2n) is 4.91. The van der Waals surface area contributed by atoms with E-state index in [1.54, 1.807) is 7.11 Å². The summed E-state index contributed by atoms with van der Waals surface area (Å²) < 4.78 is 5.39. The molecule has 2 rings (SSSR count). The van der Waals surface area contributed by atoms with E-state index in [4.69, 9.17) is 27.9 Å². The molecule has 1 aromatic carbocycles. The molecule has 1 aliphatic rings. The fraction of sp³-hybridized carbons (Fsp3) is 0.571. The Balaban J connectivity index is 2.16. The molecule has 0 bridgehead atoms. The highest BCUT2D eigenvalue weighted by atomic mass is 35.5. The van der Waals surface area contributed by atoms with Gasteiger partial charge in [-0.3, -0.25) is 4.90 Å². The number of likely N-dealkylation sites (tertiary alicyclic amines) is 1. The number of ether oxygens (including phenoxy) is 1. The molecule has 2 atom stereocenters. The van der Waals surface area contributed by atoms with Crippen molar-refractivity contribution in [1.82, 2.24) is 4.90 Å². The minimum atomic E-state index is 0.454. The molecule has 18 heavy (non-hydrogen) atoms. The molecule has 2 nitrogen and oxygen atoms in total. The van der Waals surface area contributed by atoms with E-state index in [0.29, 0.717) is 17.8 Å². The molecular weight excluding hydrogens is 269 g/mol. The zero-order chi connectivity index (χ0) is 13.1. The zero-order valence-electron chi connectivity index (χ0n) is 10.8. The third kappa shape index (κ3) is 2.93. The molecule has 0 aliphatic carbocycles. The number of hydrogen-bond acceptors (Lipinski definition) is 2. The SMILES string of the molecule is COc1ccc(Cl)cc1CN1CCC(C)C1CCl. The van der Waals surface area contributed by atoms with Crippen molar-refractivity contribution in [3.8, 4) is 5.75 Å². The van der Waals surface area contributed by atoms with Crippen molar-refractivity contribution < 1.29 is 4.74 Å². The molecule has 1 heterocycles. The van der Waals surface area contributed by atoms with Crippen LogP contribution in [0, 0.1) is 5.92 Å². The van der Waals surface area contributed by atoms with Crippen LogP contribution in [0.4, 0.5) is 0 Å². The normalized spacial score (nSPS) is 24.4. The Morgan fingerprint density at radius 2 is 2.22 bits per heavy atom. The van der Waals surface area contributed by atoms with Gasteiger partial charge in [-0.25, -0.2) is 0 Å². The van der Waals surface area contributed by atoms with Gasteiger partial charge < -0.3 is 4.74 Å². The predicted octanol–water partition coefficient (Wildman–Crippen LogP) is 3.80. The number of hydrogen-bond donors (Lipinski definition) is 0. The highest BCUT2D eigenvalue weighted by Gasteiger charge is 2.30. The molecule has 1 saturated heterocycles. The van der Waals surface area contributed by atoms with Crippen molar-refractivity contribution in [3.05, 3.63) is 28.8 Å². The molecule has 0 amide bonds. The summed E-state index contributed by atoms with van der Waals surface area (Å²) in [7, 11) is 1.69. The van der Waals surface area contributed by atoms with Gasteiger partial charge in [0, 0.05) is 29.1 Å². The van der Waals surface area contributed by atoms with Crippen LogP contribution >= 0.6 is 23.2 Å². The van der Waals surface area contributed by atoms with Crippen LogP contribution in [0.25, 0.3) is 0 Å². The van der Waals surface area contributed by atoms with Crippen LogP contribution in [0.2, 0.25) is 5.02 Å². The maximum atomic E-state index is 6.07. The predicted molar refractivity (Wildman–Crippen MR) is 76.7 cm³/mol. The van der Waals surface area contributed by atoms with Crippen LogP contribution in [0.3, 0.4) is 0 Å². The van der Waals surface area contributed by atoms with Gasteiger partial charge in [-0.05, 0) is 37.1 Å². The van der Waals surface area contributed by atoms with Crippen LogP contribution in [0.5, 0.6) is 5.75 Å². The Labute approximate surface area is 119 Å². The quantitative estimate of drug-likeness (QED) is 0.781. The van der Waals surface area contributed by atoms with Gasteiger partial charge in [0.1, 0.15) is 5.75 Å². The second-order valence-corrected chi connectivity index (χ2v) is 5.66. The summed E-state index contributed by atoms with van der Waals surface area (Å²) in [5, 5.41) is 0.750. The molecule has 1 aromatic rings. The fourth-order valence-corrected chi connectivity index (χ4v) is 3.32. The number of alkyl halides is 1. The molecule has 100 valence electrons. The molecule has 0 radical (unpaired) electrons. The van der Waals surface area contributed by atoms with Gasteiger partial charge in [0.25, 0.3) is 0 Å². The lowest BCUT2D eigenvalue weighted by Crippen LogP contribution is -2.33. The number of nitrogens with zero attached hydrogens (tertiary/aromatic N) is 1. The molecule has 2 unspecified atom stereocenters. The molecule has 1 fully saturated rings. The third-order valence-corrected chi connectivity index (χ3v) is 4.32. The molecule has 4 heteroatoms. The Bertz CT molecular complexity index is 411. The number of methoxy groups -OCH3 is 1. The first-order valence-electron chi connectivity index (χ1n) is 6.28. The highest BCUT2D eigenvalue weighted by molar-refractivity contribution is 6.30. The van der Waals surface area contributed by atoms with Gasteiger partial charge in [0.05, 0.1) is 7.11 Å². The van der Waals surface area contributed by atoms with Crippen LogP contribution < -0.4 is 4.74 Å². The third-order valence-electron chi connectivity index (χ3n) is 3.77. The summed E-state index contributed by atoms with van der Waals surface area (Å²) >= 11 is 12.1. The van der Waals surface area contributed by atoms with Gasteiger partial charge in [0.15, 0.2) is 0 Å². The lowest BCUT2D eigenvalue weighted by Gasteiger charge is -2.25. The van der Waals surface area contributed by atoms with Gasteiger partial charge in [-0.1, -0.05) is 18.5 Å². The lowest BCUT2D eigenvalue weighted by atomic mass is 10.0. The van der Waals surface area contributed by atoms with Crippen molar-refractivity contribution in [2.75, 3.05) is 19.5 Å². The smallest absolute Gasteiger partial charge is 0.123 e. The molecule has 0 aromatic heterocycles. The number of rotatable bonds is 4. The summed E-state index contributed by atoms with van der Waals surface area (Å²) in [5.41, 5.74) is 1.13. The topological polar surface area (TPSA) is 12.5 Å². The molecule has 0 spiro atoms. The first kappa shape index (κ1) is 14.0. The van der Waals surface area contributed by atoms with Crippen molar-refractivity contribution in [3.63, 3.8) is 0 Å². The van der Waals surface area contributed by atoms with Crippen LogP contribution in [-0.2, 0) is 6.54 Å². The standard InChI is InChI=1S/C14H19Cl2NO/c1-10-5-6-17(13(10)8-15)9-11-7-12(16)3-4-14(11)18-2/h3-4,7,10,13H,5-6,8-9H2,1-2H3. The Kier molecular flexibility index (Phi) is 4.77. The van der Waals surface area contributed by atoms with E-state index in [0.717, 1.165) is 29.4 Å². The Hall–Kier alpha value is -0.440. The van der Waals surface area contributed by atoms with Gasteiger partial charge in [-0.2, -0.15) is 0 Å². The minimum Gasteiger partial charge on any atom is -0.496 e. The lowest BCUT2D eigenvalue weighted by molar-refractivity contribution is 0.238. The van der Waals surface area contributed by atoms with Gasteiger partial charge in [-0.15, -0.1) is 11.6 Å². The average Bonchev–Trinajstić information content (AvgIpc) is 2.70. The number of benzene rings is 1. The minimum absolute atomic E-state index is 0.454. The monoisotopic (exact) mass is 287 g/mol. The van der Waals surface area contributed by atoms with Crippen LogP contribution in [-0.4, -0.2) is 30.5 Å². The summed E-state index contributed by atoms with van der Waals surface area (Å²) in [6.07, 6.45) is 1.21. The molecular formula is C14H19Cl2NO. The van der Waals surface area contributed by atoms with Crippen LogP contribution in [0.1, 0.15) is 18.9 Å². The van der Waals surface area contributed by atoms with Crippen molar-refractivity contribution >= 4 is 23.2 Å². The summed E-state index contributed by atoms with van der Waals surface area (Å²) in [4.78, 5) is 2.42. The van der Waals surface area contributed by atoms with E-state index in [1.807, 2.05) is 18.2 Å².